The summed E-state index contributed by atoms with van der Waals surface area (Å²) in [6, 6.07) is 7.71. The Morgan fingerprint density at radius 2 is 2.10 bits per heavy atom. The van der Waals surface area contributed by atoms with Crippen molar-refractivity contribution in [1.82, 2.24) is 10.2 Å². The second kappa shape index (κ2) is 5.42. The molecule has 0 atom stereocenters. The molecule has 0 saturated heterocycles. The number of nitrogens with one attached hydrogen (secondary N) is 1. The molecule has 3 N–H and O–H groups in total. The van der Waals surface area contributed by atoms with E-state index in [1.54, 1.807) is 18.4 Å². The molecule has 1 aromatic carbocycles. The molecule has 3 aromatic rings. The average Bonchev–Trinajstić information content (AvgIpc) is 3.03. The van der Waals surface area contributed by atoms with Gasteiger partial charge in [0.2, 0.25) is 0 Å². The van der Waals surface area contributed by atoms with Gasteiger partial charge in [-0.25, -0.2) is 0 Å². The van der Waals surface area contributed by atoms with Crippen molar-refractivity contribution >= 4 is 28.8 Å². The molecule has 0 unspecified atom stereocenters. The van der Waals surface area contributed by atoms with Gasteiger partial charge in [-0.1, -0.05) is 29.8 Å². The SMILES string of the molecule is COc1ccccc1-c1c(N)n[nH]c1-c1scc(C)c1Cl. The van der Waals surface area contributed by atoms with E-state index in [0.717, 1.165) is 38.0 Å². The maximum Gasteiger partial charge on any atom is 0.153 e. The maximum atomic E-state index is 6.38. The third-order valence-corrected chi connectivity index (χ3v) is 5.01. The van der Waals surface area contributed by atoms with E-state index in [-0.39, 0.29) is 0 Å². The van der Waals surface area contributed by atoms with Crippen molar-refractivity contribution in [2.24, 2.45) is 0 Å². The molecule has 0 aliphatic heterocycles. The fraction of sp³-hybridized carbons (Fsp3) is 0.133. The number of hydrogen-bond acceptors (Lipinski definition) is 4. The Balaban J connectivity index is 2.25. The van der Waals surface area contributed by atoms with Crippen LogP contribution in [0.25, 0.3) is 21.7 Å². The fourth-order valence-corrected chi connectivity index (χ4v) is 3.53. The molecule has 108 valence electrons. The summed E-state index contributed by atoms with van der Waals surface area (Å²) in [5.74, 6) is 1.17. The number of hydrogen-bond donors (Lipinski definition) is 2. The topological polar surface area (TPSA) is 63.9 Å². The lowest BCUT2D eigenvalue weighted by Crippen LogP contribution is -1.92. The number of para-hydroxylation sites is 1. The molecule has 0 spiro atoms. The number of aromatic amines is 1. The lowest BCUT2D eigenvalue weighted by Gasteiger charge is -2.09. The predicted octanol–water partition coefficient (Wildman–Crippen LogP) is 4.36. The van der Waals surface area contributed by atoms with Crippen LogP contribution in [0.5, 0.6) is 5.75 Å². The van der Waals surface area contributed by atoms with Crippen molar-refractivity contribution in [1.29, 1.82) is 0 Å². The highest BCUT2D eigenvalue weighted by Crippen LogP contribution is 2.44. The number of anilines is 1. The summed E-state index contributed by atoms with van der Waals surface area (Å²) in [7, 11) is 1.64. The highest BCUT2D eigenvalue weighted by molar-refractivity contribution is 7.14. The fourth-order valence-electron chi connectivity index (χ4n) is 2.24. The zero-order valence-electron chi connectivity index (χ0n) is 11.6. The second-order valence-corrected chi connectivity index (χ2v) is 5.88. The Labute approximate surface area is 131 Å². The van der Waals surface area contributed by atoms with Crippen LogP contribution in [0.4, 0.5) is 5.82 Å². The van der Waals surface area contributed by atoms with E-state index in [1.807, 2.05) is 36.6 Å². The number of methoxy groups -OCH3 is 1. The number of nitrogen functional groups attached to an aromatic ring is 1. The van der Waals surface area contributed by atoms with Gasteiger partial charge in [-0.3, -0.25) is 5.10 Å². The largest absolute Gasteiger partial charge is 0.496 e. The van der Waals surface area contributed by atoms with Gasteiger partial charge in [0, 0.05) is 5.56 Å². The monoisotopic (exact) mass is 319 g/mol. The minimum absolute atomic E-state index is 0.427. The first-order valence-corrected chi connectivity index (χ1v) is 7.60. The third kappa shape index (κ3) is 2.28. The van der Waals surface area contributed by atoms with E-state index in [2.05, 4.69) is 10.2 Å². The molecule has 0 saturated carbocycles. The number of nitrogens with two attached hydrogens (primary N) is 1. The van der Waals surface area contributed by atoms with Gasteiger partial charge in [-0.05, 0) is 23.9 Å². The quantitative estimate of drug-likeness (QED) is 0.754. The van der Waals surface area contributed by atoms with Crippen LogP contribution in [0, 0.1) is 6.92 Å². The first-order valence-electron chi connectivity index (χ1n) is 6.34. The molecule has 21 heavy (non-hydrogen) atoms. The van der Waals surface area contributed by atoms with Crippen LogP contribution in [0.3, 0.4) is 0 Å². The smallest absolute Gasteiger partial charge is 0.153 e. The average molecular weight is 320 g/mol. The number of H-pyrrole nitrogens is 1. The van der Waals surface area contributed by atoms with E-state index in [0.29, 0.717) is 5.82 Å². The zero-order chi connectivity index (χ0) is 15.0. The highest BCUT2D eigenvalue weighted by Gasteiger charge is 2.21. The van der Waals surface area contributed by atoms with Crippen LogP contribution in [0.15, 0.2) is 29.6 Å². The number of ether oxygens (including phenoxy) is 1. The molecule has 0 amide bonds. The molecule has 4 nitrogen and oxygen atoms in total. The summed E-state index contributed by atoms with van der Waals surface area (Å²) in [4.78, 5) is 0.930. The van der Waals surface area contributed by atoms with Crippen LogP contribution in [0.1, 0.15) is 5.56 Å². The van der Waals surface area contributed by atoms with Gasteiger partial charge in [-0.15, -0.1) is 11.3 Å². The zero-order valence-corrected chi connectivity index (χ0v) is 13.2. The van der Waals surface area contributed by atoms with Gasteiger partial charge in [0.05, 0.1) is 28.3 Å². The predicted molar refractivity (Wildman–Crippen MR) is 88.0 cm³/mol. The van der Waals surface area contributed by atoms with Gasteiger partial charge >= 0.3 is 0 Å². The number of thiophene rings is 1. The van der Waals surface area contributed by atoms with Crippen LogP contribution in [0.2, 0.25) is 5.02 Å². The van der Waals surface area contributed by atoms with Gasteiger partial charge in [0.25, 0.3) is 0 Å². The summed E-state index contributed by atoms with van der Waals surface area (Å²) in [6.07, 6.45) is 0. The molecule has 2 aromatic heterocycles. The molecular formula is C15H14ClN3OS. The van der Waals surface area contributed by atoms with E-state index in [4.69, 9.17) is 22.1 Å². The molecule has 0 radical (unpaired) electrons. The molecule has 0 aliphatic rings. The number of nitrogens with zero attached hydrogens (tertiary/aromatic N) is 1. The normalized spacial score (nSPS) is 10.8. The number of aromatic nitrogens is 2. The van der Waals surface area contributed by atoms with E-state index < -0.39 is 0 Å². The Kier molecular flexibility index (Phi) is 3.61. The Bertz CT molecular complexity index is 794. The van der Waals surface area contributed by atoms with E-state index in [9.17, 15) is 0 Å². The first-order chi connectivity index (χ1) is 10.1. The maximum absolute atomic E-state index is 6.38. The summed E-state index contributed by atoms with van der Waals surface area (Å²) >= 11 is 7.94. The summed E-state index contributed by atoms with van der Waals surface area (Å²) < 4.78 is 5.42. The lowest BCUT2D eigenvalue weighted by molar-refractivity contribution is 0.416. The van der Waals surface area contributed by atoms with Crippen LogP contribution < -0.4 is 10.5 Å². The first kappa shape index (κ1) is 14.0. The Morgan fingerprint density at radius 3 is 2.76 bits per heavy atom. The molecular weight excluding hydrogens is 306 g/mol. The standard InChI is InChI=1S/C15H14ClN3OS/c1-8-7-21-14(12(8)16)13-11(15(17)19-18-13)9-5-3-4-6-10(9)20-2/h3-7H,1-2H3,(H3,17,18,19). The summed E-state index contributed by atoms with van der Waals surface area (Å²) in [5, 5.41) is 9.87. The van der Waals surface area contributed by atoms with Crippen LogP contribution in [-0.2, 0) is 0 Å². The third-order valence-electron chi connectivity index (χ3n) is 3.30. The van der Waals surface area contributed by atoms with E-state index >= 15 is 0 Å². The van der Waals surface area contributed by atoms with Gasteiger partial charge < -0.3 is 10.5 Å². The van der Waals surface area contributed by atoms with Crippen molar-refractivity contribution in [3.63, 3.8) is 0 Å². The number of benzene rings is 1. The minimum Gasteiger partial charge on any atom is -0.496 e. The Hall–Kier alpha value is -1.98. The van der Waals surface area contributed by atoms with Crippen molar-refractivity contribution in [3.05, 3.63) is 40.2 Å². The van der Waals surface area contributed by atoms with E-state index in [1.165, 1.54) is 0 Å². The van der Waals surface area contributed by atoms with Crippen LogP contribution in [-0.4, -0.2) is 17.3 Å². The number of rotatable bonds is 3. The number of aryl methyl sites for hydroxylation is 1. The molecule has 0 bridgehead atoms. The summed E-state index contributed by atoms with van der Waals surface area (Å²) in [5.41, 5.74) is 9.62. The van der Waals surface area contributed by atoms with Crippen molar-refractivity contribution in [3.8, 4) is 27.4 Å². The van der Waals surface area contributed by atoms with Gasteiger partial charge in [-0.2, -0.15) is 5.10 Å². The summed E-state index contributed by atoms with van der Waals surface area (Å²) in [6.45, 7) is 1.98. The molecule has 2 heterocycles. The minimum atomic E-state index is 0.427. The van der Waals surface area contributed by atoms with Crippen LogP contribution >= 0.6 is 22.9 Å². The molecule has 6 heteroatoms. The molecule has 3 rings (SSSR count). The Morgan fingerprint density at radius 1 is 1.33 bits per heavy atom. The number of halogens is 1. The van der Waals surface area contributed by atoms with Crippen molar-refractivity contribution in [2.45, 2.75) is 6.92 Å². The van der Waals surface area contributed by atoms with Crippen molar-refractivity contribution in [2.75, 3.05) is 12.8 Å². The molecule has 0 fully saturated rings. The highest BCUT2D eigenvalue weighted by atomic mass is 35.5. The second-order valence-electron chi connectivity index (χ2n) is 4.62. The molecule has 0 aliphatic carbocycles. The van der Waals surface area contributed by atoms with Gasteiger partial charge in [0.15, 0.2) is 5.82 Å². The lowest BCUT2D eigenvalue weighted by atomic mass is 10.0. The van der Waals surface area contributed by atoms with Gasteiger partial charge in [0.1, 0.15) is 5.75 Å². The van der Waals surface area contributed by atoms with Crippen molar-refractivity contribution < 1.29 is 4.74 Å².